The van der Waals surface area contributed by atoms with Crippen molar-refractivity contribution in [1.82, 2.24) is 9.97 Å². The van der Waals surface area contributed by atoms with Gasteiger partial charge < -0.3 is 38.3 Å². The number of Topliss-reactive ketones (excluding diaryl/α,β-unsaturated/α-hetero) is 3. The molecule has 6 aromatic rings. The van der Waals surface area contributed by atoms with Gasteiger partial charge in [-0.2, -0.15) is 0 Å². The zero-order valence-corrected chi connectivity index (χ0v) is 37.2. The number of pyridine rings is 2. The number of aliphatic hydroxyl groups excluding tert-OH is 2. The lowest BCUT2D eigenvalue weighted by molar-refractivity contribution is 0.0915. The van der Waals surface area contributed by atoms with Gasteiger partial charge in [0.2, 0.25) is 0 Å². The van der Waals surface area contributed by atoms with Crippen molar-refractivity contribution in [3.63, 3.8) is 0 Å². The van der Waals surface area contributed by atoms with Crippen molar-refractivity contribution in [2.45, 2.75) is 58.5 Å². The molecule has 13 nitrogen and oxygen atoms in total. The Morgan fingerprint density at radius 3 is 1.98 bits per heavy atom. The van der Waals surface area contributed by atoms with Crippen LogP contribution in [0.5, 0.6) is 23.0 Å². The van der Waals surface area contributed by atoms with Gasteiger partial charge in [-0.25, -0.2) is 14.4 Å². The summed E-state index contributed by atoms with van der Waals surface area (Å²) in [7, 11) is 4.58. The lowest BCUT2D eigenvalue weighted by Gasteiger charge is -2.13. The number of benzene rings is 3. The second-order valence-corrected chi connectivity index (χ2v) is 14.8. The van der Waals surface area contributed by atoms with Gasteiger partial charge in [0.1, 0.15) is 30.3 Å². The minimum Gasteiger partial charge on any atom is -0.493 e. The van der Waals surface area contributed by atoms with Crippen LogP contribution in [0.4, 0.5) is 4.39 Å². The molecule has 3 aromatic heterocycles. The van der Waals surface area contributed by atoms with E-state index in [1.54, 1.807) is 67.8 Å². The molecular weight excluding hydrogens is 847 g/mol. The Labute approximate surface area is 376 Å². The molecule has 0 radical (unpaired) electrons. The molecule has 0 amide bonds. The predicted octanol–water partition coefficient (Wildman–Crippen LogP) is 9.45. The van der Waals surface area contributed by atoms with Crippen LogP contribution in [-0.2, 0) is 17.6 Å². The predicted molar refractivity (Wildman–Crippen MR) is 240 cm³/mol. The van der Waals surface area contributed by atoms with Crippen LogP contribution in [0, 0.1) is 5.82 Å². The lowest BCUT2D eigenvalue weighted by atomic mass is 10.0. The molecule has 0 bridgehead atoms. The number of furan rings is 1. The van der Waals surface area contributed by atoms with Crippen LogP contribution in [0.2, 0.25) is 5.15 Å². The van der Waals surface area contributed by atoms with Crippen molar-refractivity contribution in [3.05, 3.63) is 130 Å². The molecular formula is C49H52ClFN2O11. The Morgan fingerprint density at radius 2 is 1.36 bits per heavy atom. The van der Waals surface area contributed by atoms with E-state index in [0.717, 1.165) is 17.5 Å². The van der Waals surface area contributed by atoms with Gasteiger partial charge in [-0.1, -0.05) is 37.6 Å². The number of ether oxygens (including phenoxy) is 5. The van der Waals surface area contributed by atoms with Gasteiger partial charge >= 0.3 is 0 Å². The molecule has 0 aliphatic heterocycles. The van der Waals surface area contributed by atoms with Crippen molar-refractivity contribution in [2.75, 3.05) is 47.8 Å². The third kappa shape index (κ3) is 12.9. The number of hydrogen-bond acceptors (Lipinski definition) is 13. The zero-order valence-electron chi connectivity index (χ0n) is 36.5. The first-order chi connectivity index (χ1) is 30.9. The van der Waals surface area contributed by atoms with Crippen molar-refractivity contribution in [1.29, 1.82) is 0 Å². The summed E-state index contributed by atoms with van der Waals surface area (Å²) in [5.74, 6) is 0.749. The summed E-state index contributed by atoms with van der Waals surface area (Å²) in [4.78, 5) is 47.0. The smallest absolute Gasteiger partial charge is 0.181 e. The van der Waals surface area contributed by atoms with Gasteiger partial charge in [0.25, 0.3) is 0 Å². The van der Waals surface area contributed by atoms with E-state index < -0.39 is 11.9 Å². The molecule has 0 fully saturated rings. The van der Waals surface area contributed by atoms with Crippen molar-refractivity contribution < 1.29 is 57.1 Å². The lowest BCUT2D eigenvalue weighted by Crippen LogP contribution is -2.09. The zero-order chi connectivity index (χ0) is 46.2. The standard InChI is InChI=1S/C28H26FNO6.C21H26ClNO5/c1-3-17-13-22(20-16-36-28-19(20)5-4-6-21(28)29)30-23(14-17)25(33)9-8-24(32)18-7-10-26(35-12-11-31)27(15-18)34-2;1-4-14-11-16(23-21(22)12-14)18(25)7-6-17(24)15-5-8-19(20(13-15)27-3)28-10-9-26-2/h4-7,10,13-16,31H,3,8-9,11-12H2,1-2H3;5,8,11-13,18,25H,4,6-7,9-10H2,1-3H3. The molecule has 3 aromatic carbocycles. The molecule has 1 unspecified atom stereocenters. The fraction of sp³-hybridized carbons (Fsp3) is 0.327. The van der Waals surface area contributed by atoms with Gasteiger partial charge in [-0.05, 0) is 97.1 Å². The number of nitrogens with zero attached hydrogens (tertiary/aromatic N) is 2. The average Bonchev–Trinajstić information content (AvgIpc) is 3.77. The summed E-state index contributed by atoms with van der Waals surface area (Å²) in [6, 6.07) is 21.6. The van der Waals surface area contributed by atoms with Gasteiger partial charge in [-0.15, -0.1) is 0 Å². The number of aliphatic hydroxyl groups is 2. The maximum Gasteiger partial charge on any atom is 0.181 e. The van der Waals surface area contributed by atoms with Gasteiger partial charge in [-0.3, -0.25) is 14.4 Å². The summed E-state index contributed by atoms with van der Waals surface area (Å²) >= 11 is 6.00. The number of aromatic nitrogens is 2. The van der Waals surface area contributed by atoms with Gasteiger partial charge in [0.15, 0.2) is 51.7 Å². The summed E-state index contributed by atoms with van der Waals surface area (Å²) in [6.07, 6.45) is 2.44. The van der Waals surface area contributed by atoms with Crippen LogP contribution < -0.4 is 18.9 Å². The van der Waals surface area contributed by atoms with Gasteiger partial charge in [0, 0.05) is 48.4 Å². The molecule has 338 valence electrons. The Balaban J connectivity index is 0.000000249. The summed E-state index contributed by atoms with van der Waals surface area (Å²) < 4.78 is 46.0. The highest BCUT2D eigenvalue weighted by atomic mass is 35.5. The molecule has 0 saturated carbocycles. The number of methoxy groups -OCH3 is 3. The number of carbonyl (C=O) groups is 3. The molecule has 0 aliphatic rings. The summed E-state index contributed by atoms with van der Waals surface area (Å²) in [5, 5.41) is 20.2. The van der Waals surface area contributed by atoms with Crippen molar-refractivity contribution in [2.24, 2.45) is 0 Å². The molecule has 2 N–H and O–H groups in total. The van der Waals surface area contributed by atoms with Crippen LogP contribution in [0.15, 0.2) is 89.5 Å². The SMILES string of the molecule is CCc1cc(C(=O)CCC(=O)c2ccc(OCCO)c(OC)c2)nc(-c2coc3c(F)cccc23)c1.CCc1cc(Cl)nc(C(O)CCC(=O)c2ccc(OCCOC)c(OC)c2)c1. The van der Waals surface area contributed by atoms with E-state index >= 15 is 0 Å². The average molecular weight is 899 g/mol. The highest BCUT2D eigenvalue weighted by molar-refractivity contribution is 6.29. The van der Waals surface area contributed by atoms with Crippen LogP contribution in [0.1, 0.15) is 93.7 Å². The van der Waals surface area contributed by atoms with Crippen LogP contribution in [0.3, 0.4) is 0 Å². The second kappa shape index (κ2) is 24.0. The fourth-order valence-corrected chi connectivity index (χ4v) is 6.85. The highest BCUT2D eigenvalue weighted by Crippen LogP contribution is 2.33. The Hall–Kier alpha value is -6.19. The quantitative estimate of drug-likeness (QED) is 0.0375. The topological polar surface area (TPSA) is 177 Å². The number of para-hydroxylation sites is 1. The molecule has 0 saturated heterocycles. The first kappa shape index (κ1) is 48.8. The molecule has 3 heterocycles. The third-order valence-corrected chi connectivity index (χ3v) is 10.3. The van der Waals surface area contributed by atoms with E-state index in [2.05, 4.69) is 9.97 Å². The monoisotopic (exact) mass is 898 g/mol. The van der Waals surface area contributed by atoms with Crippen LogP contribution in [-0.4, -0.2) is 85.3 Å². The highest BCUT2D eigenvalue weighted by Gasteiger charge is 2.20. The second-order valence-electron chi connectivity index (χ2n) is 14.4. The Morgan fingerprint density at radius 1 is 0.734 bits per heavy atom. The summed E-state index contributed by atoms with van der Waals surface area (Å²) in [6.45, 7) is 4.77. The molecule has 0 spiro atoms. The first-order valence-electron chi connectivity index (χ1n) is 20.8. The number of hydrogen-bond donors (Lipinski definition) is 2. The van der Waals surface area contributed by atoms with Gasteiger partial charge in [0.05, 0.1) is 44.9 Å². The number of halogens is 2. The minimum absolute atomic E-state index is 0.00789. The van der Waals surface area contributed by atoms with Crippen LogP contribution >= 0.6 is 11.6 Å². The Kier molecular flexibility index (Phi) is 18.3. The van der Waals surface area contributed by atoms with Crippen molar-refractivity contribution in [3.8, 4) is 34.3 Å². The maximum absolute atomic E-state index is 14.1. The van der Waals surface area contributed by atoms with Crippen molar-refractivity contribution >= 4 is 39.9 Å². The largest absolute Gasteiger partial charge is 0.493 e. The van der Waals surface area contributed by atoms with Crippen LogP contribution in [0.25, 0.3) is 22.2 Å². The number of carbonyl (C=O) groups excluding carboxylic acids is 3. The minimum atomic E-state index is -0.855. The molecule has 1 atom stereocenters. The third-order valence-electron chi connectivity index (χ3n) is 10.1. The molecule has 6 rings (SSSR count). The normalized spacial score (nSPS) is 11.4. The molecule has 15 heteroatoms. The van der Waals surface area contributed by atoms with E-state index in [0.29, 0.717) is 81.3 Å². The van der Waals surface area contributed by atoms with E-state index in [1.807, 2.05) is 26.0 Å². The first-order valence-corrected chi connectivity index (χ1v) is 21.1. The van der Waals surface area contributed by atoms with E-state index in [1.165, 1.54) is 26.5 Å². The number of ketones is 3. The molecule has 64 heavy (non-hydrogen) atoms. The fourth-order valence-electron chi connectivity index (χ4n) is 6.61. The van der Waals surface area contributed by atoms with E-state index in [-0.39, 0.29) is 67.5 Å². The maximum atomic E-state index is 14.1. The summed E-state index contributed by atoms with van der Waals surface area (Å²) in [5.41, 5.74) is 4.74. The van der Waals surface area contributed by atoms with E-state index in [4.69, 9.17) is 44.8 Å². The number of fused-ring (bicyclic) bond motifs is 1. The number of aryl methyl sites for hydroxylation is 2. The molecule has 0 aliphatic carbocycles. The number of rotatable bonds is 22. The van der Waals surface area contributed by atoms with E-state index in [9.17, 15) is 23.9 Å². The Bertz CT molecular complexity index is 2540.